The summed E-state index contributed by atoms with van der Waals surface area (Å²) >= 11 is 0. The van der Waals surface area contributed by atoms with E-state index in [0.717, 1.165) is 0 Å². The van der Waals surface area contributed by atoms with Gasteiger partial charge in [0.05, 0.1) is 12.5 Å². The van der Waals surface area contributed by atoms with Crippen molar-refractivity contribution in [2.45, 2.75) is 26.0 Å². The van der Waals surface area contributed by atoms with Crippen LogP contribution >= 0.6 is 0 Å². The highest BCUT2D eigenvalue weighted by Crippen LogP contribution is 2.24. The molecule has 1 heterocycles. The summed E-state index contributed by atoms with van der Waals surface area (Å²) in [4.78, 5) is 39.4. The Kier molecular flexibility index (Phi) is 7.21. The zero-order valence-corrected chi connectivity index (χ0v) is 19.4. The number of ether oxygens (including phenoxy) is 2. The van der Waals surface area contributed by atoms with Crippen LogP contribution in [-0.4, -0.2) is 28.8 Å². The molecule has 0 fully saturated rings. The third kappa shape index (κ3) is 5.22. The Morgan fingerprint density at radius 2 is 1.69 bits per heavy atom. The van der Waals surface area contributed by atoms with Crippen molar-refractivity contribution in [2.24, 2.45) is 0 Å². The summed E-state index contributed by atoms with van der Waals surface area (Å²) in [5.41, 5.74) is 0.678. The monoisotopic (exact) mass is 471 g/mol. The van der Waals surface area contributed by atoms with Crippen LogP contribution < -0.4 is 15.6 Å². The number of aromatic nitrogens is 2. The number of aryl methyl sites for hydroxylation is 1. The highest BCUT2D eigenvalue weighted by atomic mass is 16.5. The molecule has 1 atom stereocenters. The average molecular weight is 472 g/mol. The predicted octanol–water partition coefficient (Wildman–Crippen LogP) is 4.35. The predicted molar refractivity (Wildman–Crippen MR) is 133 cm³/mol. The van der Waals surface area contributed by atoms with Crippen molar-refractivity contribution in [3.8, 4) is 5.75 Å². The van der Waals surface area contributed by atoms with Gasteiger partial charge in [-0.3, -0.25) is 9.59 Å². The van der Waals surface area contributed by atoms with Gasteiger partial charge in [-0.15, -0.1) is 0 Å². The zero-order valence-electron chi connectivity index (χ0n) is 19.4. The Morgan fingerprint density at radius 1 is 0.971 bits per heavy atom. The molecule has 178 valence electrons. The van der Waals surface area contributed by atoms with Gasteiger partial charge in [-0.1, -0.05) is 61.5 Å². The van der Waals surface area contributed by atoms with Gasteiger partial charge < -0.3 is 14.8 Å². The standard InChI is InChI=1S/C27H25N3O5/c1-3-16-30-26(32)22-15-8-7-14-21(22)23(29-30)27(33)35-24(18-10-5-4-6-11-18)25(31)28-19-12-9-13-20(17-19)34-2/h4-15,17,24H,3,16H2,1-2H3,(H,28,31). The third-order valence-corrected chi connectivity index (χ3v) is 5.40. The lowest BCUT2D eigenvalue weighted by Crippen LogP contribution is -2.29. The van der Waals surface area contributed by atoms with E-state index in [9.17, 15) is 14.4 Å². The number of amides is 1. The van der Waals surface area contributed by atoms with Gasteiger partial charge in [-0.2, -0.15) is 5.10 Å². The lowest BCUT2D eigenvalue weighted by molar-refractivity contribution is -0.125. The Hall–Kier alpha value is -4.46. The van der Waals surface area contributed by atoms with E-state index in [1.54, 1.807) is 78.9 Å². The van der Waals surface area contributed by atoms with Crippen molar-refractivity contribution in [3.63, 3.8) is 0 Å². The number of carbonyl (C=O) groups excluding carboxylic acids is 2. The zero-order chi connectivity index (χ0) is 24.8. The molecule has 1 N–H and O–H groups in total. The Balaban J connectivity index is 1.70. The van der Waals surface area contributed by atoms with Crippen LogP contribution in [0.2, 0.25) is 0 Å². The molecule has 4 rings (SSSR count). The Bertz CT molecular complexity index is 1420. The number of hydrogen-bond acceptors (Lipinski definition) is 6. The minimum Gasteiger partial charge on any atom is -0.497 e. The smallest absolute Gasteiger partial charge is 0.360 e. The van der Waals surface area contributed by atoms with Crippen LogP contribution in [-0.2, 0) is 16.1 Å². The number of nitrogens with zero attached hydrogens (tertiary/aromatic N) is 2. The van der Waals surface area contributed by atoms with Crippen LogP contribution in [0.25, 0.3) is 10.8 Å². The van der Waals surface area contributed by atoms with Gasteiger partial charge in [0, 0.05) is 29.2 Å². The molecule has 8 nitrogen and oxygen atoms in total. The SMILES string of the molecule is CCCn1nc(C(=O)OC(C(=O)Nc2cccc(OC)c2)c2ccccc2)c2ccccc2c1=O. The number of benzene rings is 3. The van der Waals surface area contributed by atoms with Crippen LogP contribution in [0.3, 0.4) is 0 Å². The molecular weight excluding hydrogens is 446 g/mol. The van der Waals surface area contributed by atoms with Gasteiger partial charge in [0.2, 0.25) is 6.10 Å². The minimum atomic E-state index is -1.25. The molecule has 0 aliphatic rings. The van der Waals surface area contributed by atoms with Crippen molar-refractivity contribution in [1.29, 1.82) is 0 Å². The molecule has 0 aliphatic heterocycles. The average Bonchev–Trinajstić information content (AvgIpc) is 2.89. The fraction of sp³-hybridized carbons (Fsp3) is 0.185. The van der Waals surface area contributed by atoms with Crippen molar-refractivity contribution < 1.29 is 19.1 Å². The van der Waals surface area contributed by atoms with Crippen molar-refractivity contribution in [3.05, 3.63) is 100 Å². The fourth-order valence-electron chi connectivity index (χ4n) is 3.72. The molecule has 4 aromatic rings. The first-order valence-electron chi connectivity index (χ1n) is 11.2. The lowest BCUT2D eigenvalue weighted by atomic mass is 10.1. The second-order valence-electron chi connectivity index (χ2n) is 7.84. The normalized spacial score (nSPS) is 11.6. The van der Waals surface area contributed by atoms with Crippen LogP contribution in [0.15, 0.2) is 83.7 Å². The van der Waals surface area contributed by atoms with E-state index >= 15 is 0 Å². The van der Waals surface area contributed by atoms with E-state index in [0.29, 0.717) is 40.7 Å². The van der Waals surface area contributed by atoms with Gasteiger partial charge >= 0.3 is 5.97 Å². The number of nitrogens with one attached hydrogen (secondary N) is 1. The molecule has 35 heavy (non-hydrogen) atoms. The molecule has 3 aromatic carbocycles. The maximum Gasteiger partial charge on any atom is 0.360 e. The molecule has 0 radical (unpaired) electrons. The summed E-state index contributed by atoms with van der Waals surface area (Å²) in [5.74, 6) is -0.769. The molecular formula is C27H25N3O5. The largest absolute Gasteiger partial charge is 0.497 e. The molecule has 1 unspecified atom stereocenters. The van der Waals surface area contributed by atoms with E-state index < -0.39 is 18.0 Å². The van der Waals surface area contributed by atoms with Crippen LogP contribution in [0.5, 0.6) is 5.75 Å². The van der Waals surface area contributed by atoms with Crippen LogP contribution in [0, 0.1) is 0 Å². The van der Waals surface area contributed by atoms with E-state index in [2.05, 4.69) is 10.4 Å². The Labute approximate surface area is 202 Å². The van der Waals surface area contributed by atoms with Crippen molar-refractivity contribution >= 4 is 28.3 Å². The molecule has 0 saturated heterocycles. The summed E-state index contributed by atoms with van der Waals surface area (Å²) in [5, 5.41) is 7.79. The first-order valence-corrected chi connectivity index (χ1v) is 11.2. The second kappa shape index (κ2) is 10.6. The number of carbonyl (C=O) groups is 2. The number of methoxy groups -OCH3 is 1. The molecule has 1 amide bonds. The van der Waals surface area contributed by atoms with Crippen LogP contribution in [0.1, 0.15) is 35.5 Å². The molecule has 0 spiro atoms. The quantitative estimate of drug-likeness (QED) is 0.384. The maximum atomic E-state index is 13.4. The Morgan fingerprint density at radius 3 is 2.40 bits per heavy atom. The second-order valence-corrected chi connectivity index (χ2v) is 7.84. The van der Waals surface area contributed by atoms with Crippen molar-refractivity contribution in [1.82, 2.24) is 9.78 Å². The first kappa shape index (κ1) is 23.7. The molecule has 0 bridgehead atoms. The number of fused-ring (bicyclic) bond motifs is 1. The lowest BCUT2D eigenvalue weighted by Gasteiger charge is -2.19. The molecule has 8 heteroatoms. The summed E-state index contributed by atoms with van der Waals surface area (Å²) in [6.07, 6.45) is -0.586. The summed E-state index contributed by atoms with van der Waals surface area (Å²) in [7, 11) is 1.53. The van der Waals surface area contributed by atoms with E-state index in [4.69, 9.17) is 9.47 Å². The topological polar surface area (TPSA) is 99.5 Å². The van der Waals surface area contributed by atoms with Gasteiger partial charge in [0.15, 0.2) is 5.69 Å². The maximum absolute atomic E-state index is 13.4. The number of esters is 1. The van der Waals surface area contributed by atoms with E-state index in [1.165, 1.54) is 11.8 Å². The van der Waals surface area contributed by atoms with Crippen LogP contribution in [0.4, 0.5) is 5.69 Å². The number of rotatable bonds is 8. The number of hydrogen-bond donors (Lipinski definition) is 1. The first-order chi connectivity index (χ1) is 17.0. The van der Waals surface area contributed by atoms with Gasteiger partial charge in [0.25, 0.3) is 11.5 Å². The summed E-state index contributed by atoms with van der Waals surface area (Å²) < 4.78 is 12.2. The highest BCUT2D eigenvalue weighted by molar-refractivity contribution is 6.04. The molecule has 1 aromatic heterocycles. The van der Waals surface area contributed by atoms with Gasteiger partial charge in [-0.05, 0) is 24.6 Å². The summed E-state index contributed by atoms with van der Waals surface area (Å²) in [6, 6.07) is 22.3. The number of anilines is 1. The minimum absolute atomic E-state index is 0.0243. The molecule has 0 aliphatic carbocycles. The van der Waals surface area contributed by atoms with Crippen molar-refractivity contribution in [2.75, 3.05) is 12.4 Å². The molecule has 0 saturated carbocycles. The highest BCUT2D eigenvalue weighted by Gasteiger charge is 2.28. The third-order valence-electron chi connectivity index (χ3n) is 5.40. The van der Waals surface area contributed by atoms with E-state index in [-0.39, 0.29) is 11.3 Å². The van der Waals surface area contributed by atoms with E-state index in [1.807, 2.05) is 6.92 Å². The van der Waals surface area contributed by atoms with Gasteiger partial charge in [-0.25, -0.2) is 9.48 Å². The fourth-order valence-corrected chi connectivity index (χ4v) is 3.72. The summed E-state index contributed by atoms with van der Waals surface area (Å²) in [6.45, 7) is 2.26. The van der Waals surface area contributed by atoms with Gasteiger partial charge in [0.1, 0.15) is 5.75 Å².